The van der Waals surface area contributed by atoms with E-state index in [0.717, 1.165) is 40.9 Å². The molecule has 0 aliphatic heterocycles. The fourth-order valence-corrected chi connectivity index (χ4v) is 5.66. The number of carbonyl (C=O) groups excluding carboxylic acids is 2. The van der Waals surface area contributed by atoms with Gasteiger partial charge >= 0.3 is 0 Å². The average Bonchev–Trinajstić information content (AvgIpc) is 3.30. The standard InChI is InChI=1S/C35H42F2N4O3/c1-5-11-41(12-6-2)35(44)26-14-23(3)13-25(18-26)34(43)39-31(17-24-15-28(36)19-29(37)16-24)33(42)21-38-20-27-22-40(4)32-10-8-7-9-30(27)32/h7-10,13-16,18-19,22,31,33,38,42H,5-6,11-12,17,20-21H2,1-4H3,(H,39,43)/t31-,33+/m0/s1. The summed E-state index contributed by atoms with van der Waals surface area (Å²) in [5.41, 5.74) is 3.88. The molecule has 3 aromatic carbocycles. The van der Waals surface area contributed by atoms with Gasteiger partial charge in [-0.1, -0.05) is 32.0 Å². The van der Waals surface area contributed by atoms with Crippen molar-refractivity contribution in [2.75, 3.05) is 19.6 Å². The van der Waals surface area contributed by atoms with Gasteiger partial charge in [-0.3, -0.25) is 9.59 Å². The lowest BCUT2D eigenvalue weighted by atomic mass is 9.99. The van der Waals surface area contributed by atoms with Gasteiger partial charge in [0.05, 0.1) is 12.1 Å². The van der Waals surface area contributed by atoms with E-state index in [2.05, 4.69) is 10.6 Å². The molecule has 2 amide bonds. The molecule has 3 N–H and O–H groups in total. The number of aliphatic hydroxyl groups excluding tert-OH is 1. The van der Waals surface area contributed by atoms with E-state index in [-0.39, 0.29) is 24.4 Å². The van der Waals surface area contributed by atoms with E-state index >= 15 is 0 Å². The van der Waals surface area contributed by atoms with Crippen molar-refractivity contribution in [3.63, 3.8) is 0 Å². The number of carbonyl (C=O) groups is 2. The molecule has 0 aliphatic rings. The lowest BCUT2D eigenvalue weighted by molar-refractivity contribution is 0.0755. The number of halogens is 2. The molecule has 0 fully saturated rings. The van der Waals surface area contributed by atoms with E-state index in [1.165, 1.54) is 12.1 Å². The summed E-state index contributed by atoms with van der Waals surface area (Å²) in [4.78, 5) is 28.6. The molecule has 0 unspecified atom stereocenters. The zero-order chi connectivity index (χ0) is 31.8. The zero-order valence-electron chi connectivity index (χ0n) is 25.9. The molecule has 0 aliphatic carbocycles. The molecule has 0 saturated carbocycles. The van der Waals surface area contributed by atoms with Gasteiger partial charge in [0.25, 0.3) is 11.8 Å². The predicted molar refractivity (Wildman–Crippen MR) is 170 cm³/mol. The number of hydrogen-bond donors (Lipinski definition) is 3. The largest absolute Gasteiger partial charge is 0.390 e. The molecule has 2 atom stereocenters. The molecule has 1 aromatic heterocycles. The number of hydrogen-bond acceptors (Lipinski definition) is 4. The molecule has 4 rings (SSSR count). The van der Waals surface area contributed by atoms with Crippen LogP contribution in [0.15, 0.2) is 66.9 Å². The third-order valence-corrected chi connectivity index (χ3v) is 7.67. The van der Waals surface area contributed by atoms with Crippen LogP contribution in [-0.2, 0) is 20.0 Å². The molecule has 4 aromatic rings. The van der Waals surface area contributed by atoms with Gasteiger partial charge in [-0.2, -0.15) is 0 Å². The molecule has 234 valence electrons. The second kappa shape index (κ2) is 15.1. The van der Waals surface area contributed by atoms with E-state index in [0.29, 0.717) is 30.8 Å². The Morgan fingerprint density at radius 2 is 1.61 bits per heavy atom. The van der Waals surface area contributed by atoms with E-state index in [1.807, 2.05) is 62.8 Å². The Labute approximate surface area is 257 Å². The van der Waals surface area contributed by atoms with Gasteiger partial charge in [-0.05, 0) is 79.3 Å². The highest BCUT2D eigenvalue weighted by Gasteiger charge is 2.24. The van der Waals surface area contributed by atoms with Crippen LogP contribution < -0.4 is 10.6 Å². The van der Waals surface area contributed by atoms with Gasteiger partial charge in [-0.15, -0.1) is 0 Å². The SMILES string of the molecule is CCCN(CCC)C(=O)c1cc(C)cc(C(=O)N[C@@H](Cc2cc(F)cc(F)c2)[C@H](O)CNCc2cn(C)c3ccccc23)c1. The fraction of sp³-hybridized carbons (Fsp3) is 0.371. The number of para-hydroxylation sites is 1. The lowest BCUT2D eigenvalue weighted by Gasteiger charge is -2.25. The Kier molecular flexibility index (Phi) is 11.3. The number of nitrogens with one attached hydrogen (secondary N) is 2. The van der Waals surface area contributed by atoms with Crippen LogP contribution in [0.1, 0.15) is 64.1 Å². The van der Waals surface area contributed by atoms with Crippen molar-refractivity contribution < 1.29 is 23.5 Å². The van der Waals surface area contributed by atoms with Crippen molar-refractivity contribution in [1.82, 2.24) is 20.1 Å². The summed E-state index contributed by atoms with van der Waals surface area (Å²) in [7, 11) is 1.97. The highest BCUT2D eigenvalue weighted by atomic mass is 19.1. The van der Waals surface area contributed by atoms with Gasteiger partial charge in [0, 0.05) is 67.5 Å². The number of benzene rings is 3. The molecule has 0 spiro atoms. The first-order valence-electron chi connectivity index (χ1n) is 15.2. The molecular weight excluding hydrogens is 562 g/mol. The minimum Gasteiger partial charge on any atom is -0.390 e. The topological polar surface area (TPSA) is 86.6 Å². The van der Waals surface area contributed by atoms with Gasteiger partial charge < -0.3 is 25.2 Å². The maximum atomic E-state index is 14.0. The lowest BCUT2D eigenvalue weighted by Crippen LogP contribution is -2.48. The van der Waals surface area contributed by atoms with Crippen LogP contribution in [0.2, 0.25) is 0 Å². The number of aryl methyl sites for hydroxylation is 2. The number of rotatable bonds is 14. The van der Waals surface area contributed by atoms with Crippen LogP contribution in [0.4, 0.5) is 8.78 Å². The molecule has 44 heavy (non-hydrogen) atoms. The molecular formula is C35H42F2N4O3. The van der Waals surface area contributed by atoms with Crippen molar-refractivity contribution in [2.24, 2.45) is 7.05 Å². The molecule has 0 bridgehead atoms. The van der Waals surface area contributed by atoms with Crippen molar-refractivity contribution >= 4 is 22.7 Å². The maximum absolute atomic E-state index is 14.0. The van der Waals surface area contributed by atoms with Gasteiger partial charge in [0.15, 0.2) is 0 Å². The number of nitrogens with zero attached hydrogens (tertiary/aromatic N) is 2. The number of aliphatic hydroxyl groups is 1. The van der Waals surface area contributed by atoms with Crippen LogP contribution >= 0.6 is 0 Å². The Balaban J connectivity index is 1.53. The van der Waals surface area contributed by atoms with Crippen LogP contribution in [0, 0.1) is 18.6 Å². The van der Waals surface area contributed by atoms with Crippen LogP contribution in [-0.4, -0.2) is 58.2 Å². The summed E-state index contributed by atoms with van der Waals surface area (Å²) in [6.45, 7) is 7.67. The predicted octanol–water partition coefficient (Wildman–Crippen LogP) is 5.52. The normalized spacial score (nSPS) is 12.7. The van der Waals surface area contributed by atoms with E-state index in [9.17, 15) is 23.5 Å². The van der Waals surface area contributed by atoms with Crippen LogP contribution in [0.5, 0.6) is 0 Å². The van der Waals surface area contributed by atoms with Crippen molar-refractivity contribution in [1.29, 1.82) is 0 Å². The number of aromatic nitrogens is 1. The Morgan fingerprint density at radius 1 is 0.955 bits per heavy atom. The first-order chi connectivity index (χ1) is 21.1. The fourth-order valence-electron chi connectivity index (χ4n) is 5.66. The maximum Gasteiger partial charge on any atom is 0.253 e. The minimum absolute atomic E-state index is 0.00405. The summed E-state index contributed by atoms with van der Waals surface area (Å²) < 4.78 is 30.1. The van der Waals surface area contributed by atoms with Crippen LogP contribution in [0.25, 0.3) is 10.9 Å². The highest BCUT2D eigenvalue weighted by Crippen LogP contribution is 2.20. The number of fused-ring (bicyclic) bond motifs is 1. The third-order valence-electron chi connectivity index (χ3n) is 7.67. The molecule has 0 radical (unpaired) electrons. The van der Waals surface area contributed by atoms with E-state index in [4.69, 9.17) is 0 Å². The Hall–Kier alpha value is -4.08. The van der Waals surface area contributed by atoms with E-state index in [1.54, 1.807) is 23.1 Å². The Morgan fingerprint density at radius 3 is 2.30 bits per heavy atom. The van der Waals surface area contributed by atoms with Gasteiger partial charge in [0.2, 0.25) is 0 Å². The van der Waals surface area contributed by atoms with Crippen molar-refractivity contribution in [3.8, 4) is 0 Å². The summed E-state index contributed by atoms with van der Waals surface area (Å²) in [5, 5.41) is 18.5. The molecule has 0 saturated heterocycles. The smallest absolute Gasteiger partial charge is 0.253 e. The first-order valence-corrected chi connectivity index (χ1v) is 15.2. The summed E-state index contributed by atoms with van der Waals surface area (Å²) in [5.74, 6) is -2.11. The zero-order valence-corrected chi connectivity index (χ0v) is 25.9. The summed E-state index contributed by atoms with van der Waals surface area (Å²) in [6, 6.07) is 15.3. The molecule has 7 nitrogen and oxygen atoms in total. The number of amides is 2. The minimum atomic E-state index is -1.09. The molecule has 9 heteroatoms. The van der Waals surface area contributed by atoms with Crippen LogP contribution in [0.3, 0.4) is 0 Å². The van der Waals surface area contributed by atoms with Gasteiger partial charge in [0.1, 0.15) is 11.6 Å². The van der Waals surface area contributed by atoms with Crippen molar-refractivity contribution in [2.45, 2.75) is 58.7 Å². The van der Waals surface area contributed by atoms with Crippen molar-refractivity contribution in [3.05, 3.63) is 106 Å². The second-order valence-electron chi connectivity index (χ2n) is 11.4. The monoisotopic (exact) mass is 604 g/mol. The third kappa shape index (κ3) is 8.30. The quantitative estimate of drug-likeness (QED) is 0.177. The molecule has 1 heterocycles. The summed E-state index contributed by atoms with van der Waals surface area (Å²) in [6.07, 6.45) is 2.57. The highest BCUT2D eigenvalue weighted by molar-refractivity contribution is 6.00. The summed E-state index contributed by atoms with van der Waals surface area (Å²) >= 11 is 0. The Bertz CT molecular complexity index is 1580. The van der Waals surface area contributed by atoms with Gasteiger partial charge in [-0.25, -0.2) is 8.78 Å². The average molecular weight is 605 g/mol. The van der Waals surface area contributed by atoms with E-state index < -0.39 is 29.7 Å². The first kappa shape index (κ1) is 32.8. The second-order valence-corrected chi connectivity index (χ2v) is 11.4.